The molecule has 0 amide bonds. The molecule has 0 saturated carbocycles. The van der Waals surface area contributed by atoms with Gasteiger partial charge in [-0.2, -0.15) is 0 Å². The number of fused-ring (bicyclic) bond motifs is 3. The molecule has 4 heterocycles. The van der Waals surface area contributed by atoms with E-state index in [1.807, 2.05) is 19.2 Å². The summed E-state index contributed by atoms with van der Waals surface area (Å²) in [6, 6.07) is 7.90. The number of benzene rings is 1. The Balaban J connectivity index is 0.00000228. The number of likely N-dealkylation sites (tertiary alicyclic amines) is 1. The molecule has 0 unspecified atom stereocenters. The Morgan fingerprint density at radius 3 is 2.45 bits per heavy atom. The molecular formula is C27H29ClN2O3. The first-order valence-electron chi connectivity index (χ1n) is 11.9. The largest absolute Gasteiger partial charge is 0.454 e. The molecule has 2 aliphatic rings. The second-order valence-electron chi connectivity index (χ2n) is 9.36. The van der Waals surface area contributed by atoms with E-state index in [-0.39, 0.29) is 18.0 Å². The van der Waals surface area contributed by atoms with E-state index < -0.39 is 0 Å². The molecule has 1 fully saturated rings. The first-order chi connectivity index (χ1) is 15.7. The molecule has 4 aromatic rings. The Morgan fingerprint density at radius 2 is 1.67 bits per heavy atom. The van der Waals surface area contributed by atoms with E-state index in [0.29, 0.717) is 11.3 Å². The molecule has 1 aromatic carbocycles. The zero-order chi connectivity index (χ0) is 21.7. The quantitative estimate of drug-likeness (QED) is 0.338. The number of rotatable bonds is 3. The lowest BCUT2D eigenvalue weighted by Gasteiger charge is -2.20. The van der Waals surface area contributed by atoms with Crippen LogP contribution in [0.15, 0.2) is 44.1 Å². The summed E-state index contributed by atoms with van der Waals surface area (Å²) in [6.07, 6.45) is 10.4. The molecule has 33 heavy (non-hydrogen) atoms. The third-order valence-corrected chi connectivity index (χ3v) is 7.14. The molecule has 1 aliphatic carbocycles. The third-order valence-electron chi connectivity index (χ3n) is 7.14. The molecule has 0 N–H and O–H groups in total. The molecule has 1 aliphatic heterocycles. The van der Waals surface area contributed by atoms with Crippen LogP contribution in [0, 0.1) is 6.92 Å². The minimum atomic E-state index is -0.342. The van der Waals surface area contributed by atoms with Gasteiger partial charge in [0.15, 0.2) is 5.58 Å². The smallest absolute Gasteiger partial charge is 0.336 e. The molecule has 6 heteroatoms. The van der Waals surface area contributed by atoms with Crippen molar-refractivity contribution in [1.82, 2.24) is 9.88 Å². The molecule has 3 aromatic heterocycles. The fraction of sp³-hybridized carbons (Fsp3) is 0.407. The summed E-state index contributed by atoms with van der Waals surface area (Å²) in [4.78, 5) is 19.6. The van der Waals surface area contributed by atoms with Crippen molar-refractivity contribution in [2.45, 2.75) is 58.4 Å². The van der Waals surface area contributed by atoms with Crippen molar-refractivity contribution in [3.8, 4) is 11.3 Å². The third kappa shape index (κ3) is 4.09. The maximum Gasteiger partial charge on any atom is 0.336 e. The van der Waals surface area contributed by atoms with Crippen LogP contribution in [0.4, 0.5) is 0 Å². The second kappa shape index (κ2) is 8.96. The van der Waals surface area contributed by atoms with Crippen LogP contribution in [-0.2, 0) is 19.4 Å². The Bertz CT molecular complexity index is 1380. The van der Waals surface area contributed by atoms with Gasteiger partial charge >= 0.3 is 5.63 Å². The van der Waals surface area contributed by atoms with Crippen LogP contribution in [0.3, 0.4) is 0 Å². The summed E-state index contributed by atoms with van der Waals surface area (Å²) in [6.45, 7) is 5.13. The Morgan fingerprint density at radius 1 is 0.909 bits per heavy atom. The highest BCUT2D eigenvalue weighted by atomic mass is 35.5. The van der Waals surface area contributed by atoms with Crippen LogP contribution in [0.5, 0.6) is 0 Å². The lowest BCUT2D eigenvalue weighted by Crippen LogP contribution is -2.24. The van der Waals surface area contributed by atoms with Gasteiger partial charge in [0.05, 0.1) is 5.69 Å². The van der Waals surface area contributed by atoms with E-state index in [1.165, 1.54) is 42.4 Å². The number of pyridine rings is 1. The molecule has 172 valence electrons. The van der Waals surface area contributed by atoms with Crippen LogP contribution >= 0.6 is 12.4 Å². The van der Waals surface area contributed by atoms with Crippen molar-refractivity contribution in [3.05, 3.63) is 63.3 Å². The number of hydrogen-bond donors (Lipinski definition) is 0. The van der Waals surface area contributed by atoms with Crippen molar-refractivity contribution in [2.24, 2.45) is 0 Å². The summed E-state index contributed by atoms with van der Waals surface area (Å²) < 4.78 is 11.9. The molecule has 0 spiro atoms. The van der Waals surface area contributed by atoms with Gasteiger partial charge < -0.3 is 8.83 Å². The molecule has 1 saturated heterocycles. The van der Waals surface area contributed by atoms with Gasteiger partial charge in [-0.3, -0.25) is 9.88 Å². The Hall–Kier alpha value is -2.63. The molecule has 0 radical (unpaired) electrons. The first-order valence-corrected chi connectivity index (χ1v) is 11.9. The van der Waals surface area contributed by atoms with Crippen molar-refractivity contribution in [1.29, 1.82) is 0 Å². The average Bonchev–Trinajstić information content (AvgIpc) is 3.35. The minimum Gasteiger partial charge on any atom is -0.454 e. The van der Waals surface area contributed by atoms with Gasteiger partial charge in [-0.05, 0) is 87.0 Å². The number of aromatic nitrogens is 1. The monoisotopic (exact) mass is 464 g/mol. The van der Waals surface area contributed by atoms with Gasteiger partial charge in [-0.25, -0.2) is 4.79 Å². The van der Waals surface area contributed by atoms with Crippen LogP contribution in [0.25, 0.3) is 33.3 Å². The summed E-state index contributed by atoms with van der Waals surface area (Å²) in [5.74, 6) is 0.712. The summed E-state index contributed by atoms with van der Waals surface area (Å²) in [5.41, 5.74) is 6.64. The van der Waals surface area contributed by atoms with E-state index in [4.69, 9.17) is 8.83 Å². The predicted molar refractivity (Wildman–Crippen MR) is 133 cm³/mol. The van der Waals surface area contributed by atoms with Gasteiger partial charge in [0.1, 0.15) is 11.3 Å². The van der Waals surface area contributed by atoms with Crippen LogP contribution in [-0.4, -0.2) is 23.0 Å². The van der Waals surface area contributed by atoms with E-state index in [9.17, 15) is 4.79 Å². The standard InChI is InChI=1S/C27H28N2O3.ClH/c1-17-27-21(20(15-28-17)16-29-9-4-2-3-5-10-29)13-25(32-27)23-14-26(30)31-24-12-19-8-6-7-18(19)11-22(23)24;/h11-15H,2-10,16H2,1H3;1H. The van der Waals surface area contributed by atoms with Crippen LogP contribution in [0.2, 0.25) is 0 Å². The fourth-order valence-corrected chi connectivity index (χ4v) is 5.43. The van der Waals surface area contributed by atoms with Crippen LogP contribution in [0.1, 0.15) is 54.5 Å². The second-order valence-corrected chi connectivity index (χ2v) is 9.36. The minimum absolute atomic E-state index is 0. The normalized spacial score (nSPS) is 16.6. The Labute approximate surface area is 199 Å². The van der Waals surface area contributed by atoms with Gasteiger partial charge in [0, 0.05) is 35.1 Å². The number of furan rings is 1. The van der Waals surface area contributed by atoms with Gasteiger partial charge in [0.2, 0.25) is 0 Å². The van der Waals surface area contributed by atoms with E-state index in [1.54, 1.807) is 6.07 Å². The number of nitrogens with zero attached hydrogens (tertiary/aromatic N) is 2. The summed E-state index contributed by atoms with van der Waals surface area (Å²) in [5, 5.41) is 2.04. The van der Waals surface area contributed by atoms with E-state index >= 15 is 0 Å². The zero-order valence-electron chi connectivity index (χ0n) is 19.0. The highest BCUT2D eigenvalue weighted by Gasteiger charge is 2.20. The topological polar surface area (TPSA) is 59.5 Å². The van der Waals surface area contributed by atoms with Crippen molar-refractivity contribution in [3.63, 3.8) is 0 Å². The number of aryl methyl sites for hydroxylation is 3. The van der Waals surface area contributed by atoms with Crippen molar-refractivity contribution < 1.29 is 8.83 Å². The Kier molecular flexibility index (Phi) is 6.02. The van der Waals surface area contributed by atoms with Gasteiger partial charge in [0.25, 0.3) is 0 Å². The molecule has 0 bridgehead atoms. The fourth-order valence-electron chi connectivity index (χ4n) is 5.43. The summed E-state index contributed by atoms with van der Waals surface area (Å²) >= 11 is 0. The highest BCUT2D eigenvalue weighted by Crippen LogP contribution is 2.37. The molecule has 6 rings (SSSR count). The maximum absolute atomic E-state index is 12.4. The van der Waals surface area contributed by atoms with Crippen LogP contribution < -0.4 is 5.63 Å². The lowest BCUT2D eigenvalue weighted by atomic mass is 10.0. The molecule has 5 nitrogen and oxygen atoms in total. The SMILES string of the molecule is Cc1ncc(CN2CCCCCC2)c2cc(-c3cc(=O)oc4cc5c(cc34)CCC5)oc12.Cl. The van der Waals surface area contributed by atoms with Gasteiger partial charge in [-0.15, -0.1) is 12.4 Å². The maximum atomic E-state index is 12.4. The van der Waals surface area contributed by atoms with Crippen molar-refractivity contribution >= 4 is 34.3 Å². The number of hydrogen-bond acceptors (Lipinski definition) is 5. The molecular weight excluding hydrogens is 436 g/mol. The van der Waals surface area contributed by atoms with Gasteiger partial charge in [-0.1, -0.05) is 12.8 Å². The average molecular weight is 465 g/mol. The van der Waals surface area contributed by atoms with E-state index in [0.717, 1.165) is 66.5 Å². The van der Waals surface area contributed by atoms with Crippen molar-refractivity contribution in [2.75, 3.05) is 13.1 Å². The zero-order valence-corrected chi connectivity index (χ0v) is 19.8. The lowest BCUT2D eigenvalue weighted by molar-refractivity contribution is 0.277. The highest BCUT2D eigenvalue weighted by molar-refractivity contribution is 5.96. The first kappa shape index (κ1) is 22.2. The summed E-state index contributed by atoms with van der Waals surface area (Å²) in [7, 11) is 0. The predicted octanol–water partition coefficient (Wildman–Crippen LogP) is 6.20. The van der Waals surface area contributed by atoms with E-state index in [2.05, 4.69) is 22.0 Å². The molecule has 0 atom stereocenters. The number of halogens is 1.